The minimum atomic E-state index is -0.896. The number of hydrogen-bond acceptors (Lipinski definition) is 3. The number of amides is 3. The average Bonchev–Trinajstić information content (AvgIpc) is 2.71. The third-order valence-corrected chi connectivity index (χ3v) is 6.03. The van der Waals surface area contributed by atoms with Crippen LogP contribution in [-0.4, -0.2) is 39.6 Å². The van der Waals surface area contributed by atoms with E-state index in [9.17, 15) is 14.7 Å². The molecule has 0 aromatic carbocycles. The van der Waals surface area contributed by atoms with Gasteiger partial charge in [0.05, 0.1) is 12.1 Å². The number of carbonyl (C=O) groups excluding carboxylic acids is 2. The lowest BCUT2D eigenvalue weighted by Crippen LogP contribution is -2.51. The van der Waals surface area contributed by atoms with Crippen molar-refractivity contribution in [3.63, 3.8) is 0 Å². The standard InChI is InChI=1S/C17H28N2O3/c1-12-3-7-16(22,8-4-12)11-19-14(20)17(18-15(19)21)9-5-13(2)6-10-17/h12-13,22H,3-11H2,1-2H3,(H,18,21). The van der Waals surface area contributed by atoms with Crippen molar-refractivity contribution < 1.29 is 14.7 Å². The number of nitrogens with one attached hydrogen (secondary N) is 1. The molecule has 0 bridgehead atoms. The van der Waals surface area contributed by atoms with E-state index in [1.807, 2.05) is 0 Å². The lowest BCUT2D eigenvalue weighted by atomic mass is 9.76. The second-order valence-electron chi connectivity index (χ2n) is 7.99. The van der Waals surface area contributed by atoms with Crippen molar-refractivity contribution in [1.29, 1.82) is 0 Å². The van der Waals surface area contributed by atoms with Gasteiger partial charge in [0.25, 0.3) is 5.91 Å². The van der Waals surface area contributed by atoms with Crippen molar-refractivity contribution in [2.75, 3.05) is 6.54 Å². The molecule has 1 saturated heterocycles. The Morgan fingerprint density at radius 2 is 1.55 bits per heavy atom. The van der Waals surface area contributed by atoms with Gasteiger partial charge in [0.2, 0.25) is 0 Å². The molecular formula is C17H28N2O3. The van der Waals surface area contributed by atoms with Crippen LogP contribution in [0.5, 0.6) is 0 Å². The van der Waals surface area contributed by atoms with E-state index in [1.54, 1.807) is 0 Å². The Kier molecular flexibility index (Phi) is 3.96. The molecule has 5 heteroatoms. The maximum Gasteiger partial charge on any atom is 0.325 e. The van der Waals surface area contributed by atoms with Crippen molar-refractivity contribution in [2.45, 2.75) is 76.4 Å². The third-order valence-electron chi connectivity index (χ3n) is 6.03. The highest BCUT2D eigenvalue weighted by molar-refractivity contribution is 6.07. The normalized spacial score (nSPS) is 42.8. The number of hydrogen-bond donors (Lipinski definition) is 2. The minimum Gasteiger partial charge on any atom is -0.388 e. The van der Waals surface area contributed by atoms with Crippen molar-refractivity contribution >= 4 is 11.9 Å². The number of nitrogens with zero attached hydrogens (tertiary/aromatic N) is 1. The molecule has 1 aliphatic heterocycles. The molecule has 0 unspecified atom stereocenters. The third kappa shape index (κ3) is 2.75. The summed E-state index contributed by atoms with van der Waals surface area (Å²) >= 11 is 0. The highest BCUT2D eigenvalue weighted by atomic mass is 16.3. The first-order valence-electron chi connectivity index (χ1n) is 8.70. The van der Waals surface area contributed by atoms with Gasteiger partial charge < -0.3 is 10.4 Å². The maximum absolute atomic E-state index is 12.8. The highest BCUT2D eigenvalue weighted by Gasteiger charge is 2.53. The Labute approximate surface area is 132 Å². The van der Waals surface area contributed by atoms with Crippen LogP contribution in [0.1, 0.15) is 65.2 Å². The van der Waals surface area contributed by atoms with Gasteiger partial charge in [-0.2, -0.15) is 0 Å². The van der Waals surface area contributed by atoms with Crippen LogP contribution < -0.4 is 5.32 Å². The van der Waals surface area contributed by atoms with Crippen molar-refractivity contribution in [3.05, 3.63) is 0 Å². The summed E-state index contributed by atoms with van der Waals surface area (Å²) < 4.78 is 0. The second-order valence-corrected chi connectivity index (χ2v) is 7.99. The van der Waals surface area contributed by atoms with Crippen LogP contribution in [0.15, 0.2) is 0 Å². The van der Waals surface area contributed by atoms with Gasteiger partial charge in [-0.05, 0) is 63.2 Å². The maximum atomic E-state index is 12.8. The summed E-state index contributed by atoms with van der Waals surface area (Å²) in [4.78, 5) is 26.4. The molecule has 2 aliphatic carbocycles. The number of rotatable bonds is 2. The van der Waals surface area contributed by atoms with Crippen molar-refractivity contribution in [2.24, 2.45) is 11.8 Å². The van der Waals surface area contributed by atoms with E-state index in [4.69, 9.17) is 0 Å². The largest absolute Gasteiger partial charge is 0.388 e. The first-order chi connectivity index (χ1) is 10.3. The van der Waals surface area contributed by atoms with E-state index in [1.165, 1.54) is 4.90 Å². The lowest BCUT2D eigenvalue weighted by Gasteiger charge is -2.37. The van der Waals surface area contributed by atoms with Crippen LogP contribution in [0.25, 0.3) is 0 Å². The van der Waals surface area contributed by atoms with Crippen molar-refractivity contribution in [3.8, 4) is 0 Å². The predicted octanol–water partition coefficient (Wildman–Crippen LogP) is 2.43. The second kappa shape index (κ2) is 5.52. The summed E-state index contributed by atoms with van der Waals surface area (Å²) in [7, 11) is 0. The van der Waals surface area contributed by atoms with Gasteiger partial charge in [0.15, 0.2) is 0 Å². The van der Waals surface area contributed by atoms with Gasteiger partial charge in [-0.25, -0.2) is 4.79 Å². The number of β-amino-alcohol motifs (C(OH)–C–C–N with tert-alkyl or cyclic N) is 1. The Hall–Kier alpha value is -1.10. The minimum absolute atomic E-state index is 0.114. The summed E-state index contributed by atoms with van der Waals surface area (Å²) in [6.45, 7) is 4.53. The van der Waals surface area contributed by atoms with E-state index < -0.39 is 11.1 Å². The lowest BCUT2D eigenvalue weighted by molar-refractivity contribution is -0.136. The molecule has 2 N–H and O–H groups in total. The molecule has 22 heavy (non-hydrogen) atoms. The number of carbonyl (C=O) groups is 2. The first-order valence-corrected chi connectivity index (χ1v) is 8.70. The Morgan fingerprint density at radius 1 is 1.05 bits per heavy atom. The van der Waals surface area contributed by atoms with Gasteiger partial charge in [0.1, 0.15) is 5.54 Å². The molecule has 2 saturated carbocycles. The Morgan fingerprint density at radius 3 is 2.09 bits per heavy atom. The Balaban J connectivity index is 1.70. The molecule has 3 rings (SSSR count). The molecule has 0 aromatic heterocycles. The first kappa shape index (κ1) is 15.8. The van der Waals surface area contributed by atoms with Crippen LogP contribution in [0.4, 0.5) is 4.79 Å². The van der Waals surface area contributed by atoms with Crippen LogP contribution in [0.3, 0.4) is 0 Å². The van der Waals surface area contributed by atoms with Gasteiger partial charge in [0, 0.05) is 0 Å². The fourth-order valence-electron chi connectivity index (χ4n) is 4.17. The van der Waals surface area contributed by atoms with Gasteiger partial charge in [-0.1, -0.05) is 13.8 Å². The topological polar surface area (TPSA) is 69.6 Å². The van der Waals surface area contributed by atoms with Gasteiger partial charge in [-0.3, -0.25) is 9.69 Å². The molecule has 0 radical (unpaired) electrons. The zero-order valence-corrected chi connectivity index (χ0v) is 13.7. The van der Waals surface area contributed by atoms with E-state index in [0.717, 1.165) is 38.5 Å². The van der Waals surface area contributed by atoms with Gasteiger partial charge in [-0.15, -0.1) is 0 Å². The number of aliphatic hydroxyl groups is 1. The smallest absolute Gasteiger partial charge is 0.325 e. The van der Waals surface area contributed by atoms with E-state index in [2.05, 4.69) is 19.2 Å². The number of imide groups is 1. The molecule has 124 valence electrons. The molecular weight excluding hydrogens is 280 g/mol. The number of urea groups is 1. The summed E-state index contributed by atoms with van der Waals surface area (Å²) in [6, 6.07) is -0.313. The van der Waals surface area contributed by atoms with E-state index in [-0.39, 0.29) is 18.5 Å². The summed E-state index contributed by atoms with van der Waals surface area (Å²) in [6.07, 6.45) is 6.68. The predicted molar refractivity (Wildman–Crippen MR) is 83.2 cm³/mol. The molecule has 3 aliphatic rings. The molecule has 3 fully saturated rings. The fraction of sp³-hybridized carbons (Fsp3) is 0.882. The van der Waals surface area contributed by atoms with Crippen LogP contribution >= 0.6 is 0 Å². The van der Waals surface area contributed by atoms with Crippen LogP contribution in [0.2, 0.25) is 0 Å². The van der Waals surface area contributed by atoms with Crippen LogP contribution in [0, 0.1) is 11.8 Å². The quantitative estimate of drug-likeness (QED) is 0.770. The molecule has 0 aromatic rings. The van der Waals surface area contributed by atoms with E-state index in [0.29, 0.717) is 24.7 Å². The fourth-order valence-corrected chi connectivity index (χ4v) is 4.17. The summed E-state index contributed by atoms with van der Waals surface area (Å²) in [5, 5.41) is 13.7. The highest BCUT2D eigenvalue weighted by Crippen LogP contribution is 2.38. The summed E-state index contributed by atoms with van der Waals surface area (Å²) in [5.41, 5.74) is -1.59. The van der Waals surface area contributed by atoms with E-state index >= 15 is 0 Å². The van der Waals surface area contributed by atoms with Crippen molar-refractivity contribution in [1.82, 2.24) is 10.2 Å². The SMILES string of the molecule is CC1CCC(O)(CN2C(=O)NC3(CCC(C)CC3)C2=O)CC1. The average molecular weight is 308 g/mol. The Bertz CT molecular complexity index is 461. The molecule has 0 atom stereocenters. The van der Waals surface area contributed by atoms with Gasteiger partial charge >= 0.3 is 6.03 Å². The molecule has 1 heterocycles. The van der Waals surface area contributed by atoms with Crippen LogP contribution in [-0.2, 0) is 4.79 Å². The molecule has 3 amide bonds. The zero-order valence-electron chi connectivity index (χ0n) is 13.7. The molecule has 1 spiro atoms. The summed E-state index contributed by atoms with van der Waals surface area (Å²) in [5.74, 6) is 1.12. The zero-order chi connectivity index (χ0) is 16.0. The monoisotopic (exact) mass is 308 g/mol. The molecule has 5 nitrogen and oxygen atoms in total.